The van der Waals surface area contributed by atoms with Gasteiger partial charge >= 0.3 is 0 Å². The molecule has 0 heterocycles. The van der Waals surface area contributed by atoms with Crippen molar-refractivity contribution in [3.63, 3.8) is 0 Å². The van der Waals surface area contributed by atoms with Gasteiger partial charge in [0.05, 0.1) is 16.3 Å². The van der Waals surface area contributed by atoms with Crippen LogP contribution in [0.3, 0.4) is 0 Å². The second-order valence-corrected chi connectivity index (χ2v) is 5.48. The highest BCUT2D eigenvalue weighted by molar-refractivity contribution is 6.32. The van der Waals surface area contributed by atoms with Gasteiger partial charge < -0.3 is 15.4 Å². The van der Waals surface area contributed by atoms with Crippen LogP contribution in [-0.2, 0) is 4.79 Å². The smallest absolute Gasteiger partial charge is 0.262 e. The summed E-state index contributed by atoms with van der Waals surface area (Å²) in [6.07, 6.45) is 0.839. The van der Waals surface area contributed by atoms with Gasteiger partial charge in [0.2, 0.25) is 0 Å². The van der Waals surface area contributed by atoms with Crippen molar-refractivity contribution in [2.24, 2.45) is 0 Å². The number of hydrogen-bond donors (Lipinski definition) is 2. The minimum atomic E-state index is -0.370. The predicted octanol–water partition coefficient (Wildman–Crippen LogP) is 3.50. The Labute approximate surface area is 146 Å². The molecule has 0 unspecified atom stereocenters. The maximum atomic E-state index is 12.1. The standard InChI is InChI=1S/C18H19ClN2O3/c1-2-11-20-18(23)13-7-3-5-9-15(13)21-17(22)12-24-16-10-6-4-8-14(16)19/h3-10H,2,11-12H2,1H3,(H,20,23)(H,21,22). The third kappa shape index (κ3) is 4.99. The highest BCUT2D eigenvalue weighted by Gasteiger charge is 2.13. The normalized spacial score (nSPS) is 10.1. The van der Waals surface area contributed by atoms with E-state index >= 15 is 0 Å². The minimum Gasteiger partial charge on any atom is -0.482 e. The van der Waals surface area contributed by atoms with E-state index in [4.69, 9.17) is 16.3 Å². The lowest BCUT2D eigenvalue weighted by Crippen LogP contribution is -2.27. The largest absolute Gasteiger partial charge is 0.482 e. The number of rotatable bonds is 7. The summed E-state index contributed by atoms with van der Waals surface area (Å²) in [6.45, 7) is 2.35. The van der Waals surface area contributed by atoms with E-state index < -0.39 is 0 Å². The number of benzene rings is 2. The molecule has 126 valence electrons. The van der Waals surface area contributed by atoms with Crippen molar-refractivity contribution in [3.05, 3.63) is 59.1 Å². The number of para-hydroxylation sites is 2. The Morgan fingerprint density at radius 2 is 1.79 bits per heavy atom. The first-order valence-electron chi connectivity index (χ1n) is 7.66. The van der Waals surface area contributed by atoms with Gasteiger partial charge in [-0.2, -0.15) is 0 Å². The fraction of sp³-hybridized carbons (Fsp3) is 0.222. The second kappa shape index (κ2) is 8.93. The fourth-order valence-electron chi connectivity index (χ4n) is 2.02. The zero-order chi connectivity index (χ0) is 17.4. The van der Waals surface area contributed by atoms with Gasteiger partial charge in [-0.05, 0) is 30.7 Å². The quantitative estimate of drug-likeness (QED) is 0.806. The molecule has 2 amide bonds. The molecule has 0 radical (unpaired) electrons. The molecular formula is C18H19ClN2O3. The Morgan fingerprint density at radius 1 is 1.08 bits per heavy atom. The number of amides is 2. The molecule has 0 saturated carbocycles. The Hall–Kier alpha value is -2.53. The Morgan fingerprint density at radius 3 is 2.54 bits per heavy atom. The summed E-state index contributed by atoms with van der Waals surface area (Å²) in [5.41, 5.74) is 0.857. The van der Waals surface area contributed by atoms with Gasteiger partial charge in [0, 0.05) is 6.54 Å². The van der Waals surface area contributed by atoms with E-state index in [-0.39, 0.29) is 18.4 Å². The van der Waals surface area contributed by atoms with Crippen LogP contribution in [0.4, 0.5) is 5.69 Å². The zero-order valence-electron chi connectivity index (χ0n) is 13.3. The SMILES string of the molecule is CCCNC(=O)c1ccccc1NC(=O)COc1ccccc1Cl. The van der Waals surface area contributed by atoms with Crippen molar-refractivity contribution in [2.75, 3.05) is 18.5 Å². The molecule has 2 aromatic carbocycles. The van der Waals surface area contributed by atoms with Gasteiger partial charge in [0.25, 0.3) is 11.8 Å². The Balaban J connectivity index is 1.99. The van der Waals surface area contributed by atoms with Crippen molar-refractivity contribution in [1.82, 2.24) is 5.32 Å². The summed E-state index contributed by atoms with van der Waals surface area (Å²) < 4.78 is 5.39. The summed E-state index contributed by atoms with van der Waals surface area (Å²) >= 11 is 5.97. The van der Waals surface area contributed by atoms with Crippen LogP contribution in [0.25, 0.3) is 0 Å². The molecule has 0 aliphatic heterocycles. The first kappa shape index (κ1) is 17.8. The molecule has 24 heavy (non-hydrogen) atoms. The molecule has 0 aliphatic rings. The van der Waals surface area contributed by atoms with Crippen LogP contribution in [0.5, 0.6) is 5.75 Å². The number of carbonyl (C=O) groups excluding carboxylic acids is 2. The van der Waals surface area contributed by atoms with Gasteiger partial charge in [-0.15, -0.1) is 0 Å². The number of ether oxygens (including phenoxy) is 1. The lowest BCUT2D eigenvalue weighted by atomic mass is 10.1. The highest BCUT2D eigenvalue weighted by Crippen LogP contribution is 2.23. The highest BCUT2D eigenvalue weighted by atomic mass is 35.5. The van der Waals surface area contributed by atoms with E-state index in [0.717, 1.165) is 6.42 Å². The number of anilines is 1. The van der Waals surface area contributed by atoms with Gasteiger partial charge in [0.1, 0.15) is 5.75 Å². The van der Waals surface area contributed by atoms with Crippen molar-refractivity contribution in [3.8, 4) is 5.75 Å². The third-order valence-electron chi connectivity index (χ3n) is 3.18. The minimum absolute atomic E-state index is 0.200. The van der Waals surface area contributed by atoms with Crippen LogP contribution in [0.15, 0.2) is 48.5 Å². The predicted molar refractivity (Wildman–Crippen MR) is 94.6 cm³/mol. The monoisotopic (exact) mass is 346 g/mol. The fourth-order valence-corrected chi connectivity index (χ4v) is 2.21. The molecule has 0 saturated heterocycles. The molecule has 0 aliphatic carbocycles. The number of halogens is 1. The van der Waals surface area contributed by atoms with Crippen LogP contribution < -0.4 is 15.4 Å². The molecule has 0 spiro atoms. The molecule has 2 rings (SSSR count). The number of carbonyl (C=O) groups is 2. The molecule has 6 heteroatoms. The molecular weight excluding hydrogens is 328 g/mol. The van der Waals surface area contributed by atoms with Crippen LogP contribution in [-0.4, -0.2) is 25.0 Å². The maximum Gasteiger partial charge on any atom is 0.262 e. The first-order valence-corrected chi connectivity index (χ1v) is 8.04. The number of hydrogen-bond acceptors (Lipinski definition) is 3. The summed E-state index contributed by atoms with van der Waals surface area (Å²) in [4.78, 5) is 24.2. The molecule has 0 bridgehead atoms. The van der Waals surface area contributed by atoms with Gasteiger partial charge in [0.15, 0.2) is 6.61 Å². The van der Waals surface area contributed by atoms with E-state index in [1.54, 1.807) is 48.5 Å². The van der Waals surface area contributed by atoms with Crippen LogP contribution in [0.1, 0.15) is 23.7 Å². The summed E-state index contributed by atoms with van der Waals surface area (Å²) in [6, 6.07) is 13.7. The second-order valence-electron chi connectivity index (χ2n) is 5.07. The van der Waals surface area contributed by atoms with Crippen molar-refractivity contribution < 1.29 is 14.3 Å². The van der Waals surface area contributed by atoms with Crippen molar-refractivity contribution >= 4 is 29.1 Å². The van der Waals surface area contributed by atoms with E-state index in [1.807, 2.05) is 6.92 Å². The van der Waals surface area contributed by atoms with Crippen LogP contribution >= 0.6 is 11.6 Å². The van der Waals surface area contributed by atoms with Crippen LogP contribution in [0, 0.1) is 0 Å². The molecule has 0 fully saturated rings. The molecule has 0 atom stereocenters. The average Bonchev–Trinajstić information content (AvgIpc) is 2.59. The summed E-state index contributed by atoms with van der Waals surface area (Å²) in [5.74, 6) is -0.159. The molecule has 2 aromatic rings. The van der Waals surface area contributed by atoms with E-state index in [9.17, 15) is 9.59 Å². The van der Waals surface area contributed by atoms with Crippen molar-refractivity contribution in [2.45, 2.75) is 13.3 Å². The Kier molecular flexibility index (Phi) is 6.63. The van der Waals surface area contributed by atoms with E-state index in [2.05, 4.69) is 10.6 Å². The maximum absolute atomic E-state index is 12.1. The van der Waals surface area contributed by atoms with E-state index in [1.165, 1.54) is 0 Å². The first-order chi connectivity index (χ1) is 11.6. The lowest BCUT2D eigenvalue weighted by molar-refractivity contribution is -0.118. The zero-order valence-corrected chi connectivity index (χ0v) is 14.1. The van der Waals surface area contributed by atoms with Gasteiger partial charge in [-0.25, -0.2) is 0 Å². The van der Waals surface area contributed by atoms with Gasteiger partial charge in [-0.1, -0.05) is 42.8 Å². The van der Waals surface area contributed by atoms with Crippen LogP contribution in [0.2, 0.25) is 5.02 Å². The molecule has 0 aromatic heterocycles. The van der Waals surface area contributed by atoms with Gasteiger partial charge in [-0.3, -0.25) is 9.59 Å². The molecule has 5 nitrogen and oxygen atoms in total. The third-order valence-corrected chi connectivity index (χ3v) is 3.49. The molecule has 2 N–H and O–H groups in total. The summed E-state index contributed by atoms with van der Waals surface area (Å²) in [5, 5.41) is 5.91. The number of nitrogens with one attached hydrogen (secondary N) is 2. The van der Waals surface area contributed by atoms with Crippen molar-refractivity contribution in [1.29, 1.82) is 0 Å². The van der Waals surface area contributed by atoms with E-state index in [0.29, 0.717) is 28.6 Å². The average molecular weight is 347 g/mol. The topological polar surface area (TPSA) is 67.4 Å². The Bertz CT molecular complexity index is 719. The summed E-state index contributed by atoms with van der Waals surface area (Å²) in [7, 11) is 0. The lowest BCUT2D eigenvalue weighted by Gasteiger charge is -2.12.